The maximum absolute atomic E-state index is 11.2. The lowest BCUT2D eigenvalue weighted by Crippen LogP contribution is -2.10. The third kappa shape index (κ3) is 5.64. The summed E-state index contributed by atoms with van der Waals surface area (Å²) in [6.45, 7) is 0. The molecule has 6 nitrogen and oxygen atoms in total. The number of aromatic nitrogens is 3. The van der Waals surface area contributed by atoms with Crippen molar-refractivity contribution in [1.82, 2.24) is 15.1 Å². The van der Waals surface area contributed by atoms with E-state index in [0.717, 1.165) is 24.3 Å². The van der Waals surface area contributed by atoms with Crippen molar-refractivity contribution in [2.24, 2.45) is 5.92 Å². The Morgan fingerprint density at radius 3 is 2.73 bits per heavy atom. The van der Waals surface area contributed by atoms with Crippen molar-refractivity contribution in [2.75, 3.05) is 0 Å². The van der Waals surface area contributed by atoms with Crippen LogP contribution in [0.4, 0.5) is 0 Å². The van der Waals surface area contributed by atoms with Crippen LogP contribution >= 0.6 is 0 Å². The molecule has 2 heterocycles. The van der Waals surface area contributed by atoms with Gasteiger partial charge in [0.2, 0.25) is 5.89 Å². The number of nitrogens with zero attached hydrogens (tertiary/aromatic N) is 3. The van der Waals surface area contributed by atoms with Crippen LogP contribution in [0.5, 0.6) is 0 Å². The summed E-state index contributed by atoms with van der Waals surface area (Å²) in [6, 6.07) is 3.82. The number of carboxylic acids is 1. The summed E-state index contributed by atoms with van der Waals surface area (Å²) >= 11 is 0. The third-order valence-electron chi connectivity index (χ3n) is 5.26. The van der Waals surface area contributed by atoms with Gasteiger partial charge in [-0.1, -0.05) is 50.1 Å². The molecule has 0 unspecified atom stereocenters. The average molecular weight is 357 g/mol. The van der Waals surface area contributed by atoms with Crippen LogP contribution in [0, 0.1) is 5.92 Å². The van der Waals surface area contributed by atoms with Crippen LogP contribution in [-0.2, 0) is 11.2 Å². The Labute approximate surface area is 154 Å². The molecule has 1 aliphatic carbocycles. The van der Waals surface area contributed by atoms with E-state index in [9.17, 15) is 9.90 Å². The van der Waals surface area contributed by atoms with Gasteiger partial charge in [0.1, 0.15) is 0 Å². The molecule has 0 bridgehead atoms. The summed E-state index contributed by atoms with van der Waals surface area (Å²) in [6.07, 6.45) is 13.7. The highest BCUT2D eigenvalue weighted by molar-refractivity contribution is 5.67. The summed E-state index contributed by atoms with van der Waals surface area (Å²) in [7, 11) is 0. The van der Waals surface area contributed by atoms with Gasteiger partial charge in [-0.3, -0.25) is 9.78 Å². The number of carbonyl (C=O) groups is 1. The SMILES string of the molecule is O=C(O)C[C@@H](CCCC1CCCCC1)c1nc(Cc2ccncc2)no1. The molecule has 0 radical (unpaired) electrons. The van der Waals surface area contributed by atoms with Gasteiger partial charge < -0.3 is 9.63 Å². The number of aliphatic carboxylic acids is 1. The molecular weight excluding hydrogens is 330 g/mol. The highest BCUT2D eigenvalue weighted by atomic mass is 16.5. The lowest BCUT2D eigenvalue weighted by molar-refractivity contribution is -0.137. The standard InChI is InChI=1S/C20H27N3O3/c24-19(25)14-17(8-4-7-15-5-2-1-3-6-15)20-22-18(23-26-20)13-16-9-11-21-12-10-16/h9-12,15,17H,1-8,13-14H2,(H,24,25)/t17-/m1/s1. The third-order valence-corrected chi connectivity index (χ3v) is 5.26. The zero-order valence-electron chi connectivity index (χ0n) is 15.1. The molecule has 1 aliphatic rings. The number of rotatable bonds is 9. The van der Waals surface area contributed by atoms with Crippen molar-refractivity contribution in [1.29, 1.82) is 0 Å². The minimum atomic E-state index is -0.818. The molecule has 26 heavy (non-hydrogen) atoms. The van der Waals surface area contributed by atoms with Crippen molar-refractivity contribution in [3.63, 3.8) is 0 Å². The van der Waals surface area contributed by atoms with Gasteiger partial charge in [0.15, 0.2) is 5.82 Å². The van der Waals surface area contributed by atoms with E-state index in [0.29, 0.717) is 18.1 Å². The van der Waals surface area contributed by atoms with E-state index in [4.69, 9.17) is 4.52 Å². The van der Waals surface area contributed by atoms with Gasteiger partial charge >= 0.3 is 5.97 Å². The van der Waals surface area contributed by atoms with E-state index in [1.807, 2.05) is 12.1 Å². The van der Waals surface area contributed by atoms with Gasteiger partial charge in [-0.25, -0.2) is 0 Å². The van der Waals surface area contributed by atoms with Crippen molar-refractivity contribution in [3.05, 3.63) is 41.8 Å². The van der Waals surface area contributed by atoms with E-state index in [2.05, 4.69) is 15.1 Å². The fraction of sp³-hybridized carbons (Fsp3) is 0.600. The summed E-state index contributed by atoms with van der Waals surface area (Å²) in [5.41, 5.74) is 1.06. The Hall–Kier alpha value is -2.24. The molecule has 1 saturated carbocycles. The zero-order chi connectivity index (χ0) is 18.2. The van der Waals surface area contributed by atoms with Gasteiger partial charge in [0, 0.05) is 24.7 Å². The smallest absolute Gasteiger partial charge is 0.304 e. The van der Waals surface area contributed by atoms with Crippen LogP contribution < -0.4 is 0 Å². The molecule has 1 atom stereocenters. The van der Waals surface area contributed by atoms with E-state index in [1.54, 1.807) is 12.4 Å². The number of carboxylic acid groups (broad SMARTS) is 1. The molecular formula is C20H27N3O3. The van der Waals surface area contributed by atoms with Crippen LogP contribution in [0.2, 0.25) is 0 Å². The summed E-state index contributed by atoms with van der Waals surface area (Å²) < 4.78 is 5.40. The highest BCUT2D eigenvalue weighted by Gasteiger charge is 2.23. The molecule has 140 valence electrons. The predicted molar refractivity (Wildman–Crippen MR) is 96.8 cm³/mol. The Kier molecular flexibility index (Phi) is 6.75. The fourth-order valence-corrected chi connectivity index (χ4v) is 3.84. The van der Waals surface area contributed by atoms with Gasteiger partial charge in [-0.05, 0) is 30.0 Å². The number of hydrogen-bond donors (Lipinski definition) is 1. The van der Waals surface area contributed by atoms with Crippen molar-refractivity contribution < 1.29 is 14.4 Å². The molecule has 0 spiro atoms. The molecule has 3 rings (SSSR count). The first-order chi connectivity index (χ1) is 12.7. The normalized spacial score (nSPS) is 16.5. The Morgan fingerprint density at radius 1 is 1.23 bits per heavy atom. The van der Waals surface area contributed by atoms with E-state index >= 15 is 0 Å². The summed E-state index contributed by atoms with van der Waals surface area (Å²) in [4.78, 5) is 19.7. The molecule has 0 aromatic carbocycles. The van der Waals surface area contributed by atoms with Crippen LogP contribution in [-0.4, -0.2) is 26.2 Å². The average Bonchev–Trinajstić information content (AvgIpc) is 3.11. The largest absolute Gasteiger partial charge is 0.481 e. The van der Waals surface area contributed by atoms with Crippen molar-refractivity contribution in [3.8, 4) is 0 Å². The minimum absolute atomic E-state index is 0.0432. The van der Waals surface area contributed by atoms with Crippen molar-refractivity contribution in [2.45, 2.75) is 70.1 Å². The second-order valence-corrected chi connectivity index (χ2v) is 7.31. The second kappa shape index (κ2) is 9.46. The van der Waals surface area contributed by atoms with Crippen LogP contribution in [0.1, 0.15) is 81.0 Å². The van der Waals surface area contributed by atoms with Crippen LogP contribution in [0.15, 0.2) is 29.0 Å². The molecule has 0 saturated heterocycles. The molecule has 1 N–H and O–H groups in total. The highest BCUT2D eigenvalue weighted by Crippen LogP contribution is 2.31. The molecule has 1 fully saturated rings. The Morgan fingerprint density at radius 2 is 2.00 bits per heavy atom. The van der Waals surface area contributed by atoms with Gasteiger partial charge in [-0.15, -0.1) is 0 Å². The molecule has 0 aliphatic heterocycles. The maximum Gasteiger partial charge on any atom is 0.304 e. The molecule has 2 aromatic heterocycles. The van der Waals surface area contributed by atoms with E-state index in [-0.39, 0.29) is 12.3 Å². The van der Waals surface area contributed by atoms with Gasteiger partial charge in [0.25, 0.3) is 0 Å². The van der Waals surface area contributed by atoms with E-state index < -0.39 is 5.97 Å². The minimum Gasteiger partial charge on any atom is -0.481 e. The Bertz CT molecular complexity index is 681. The lowest BCUT2D eigenvalue weighted by atomic mass is 9.84. The lowest BCUT2D eigenvalue weighted by Gasteiger charge is -2.21. The molecule has 6 heteroatoms. The van der Waals surface area contributed by atoms with E-state index in [1.165, 1.54) is 38.5 Å². The number of pyridine rings is 1. The first-order valence-electron chi connectivity index (χ1n) is 9.64. The Balaban J connectivity index is 1.57. The zero-order valence-corrected chi connectivity index (χ0v) is 15.1. The molecule has 2 aromatic rings. The topological polar surface area (TPSA) is 89.1 Å². The van der Waals surface area contributed by atoms with Crippen LogP contribution in [0.25, 0.3) is 0 Å². The van der Waals surface area contributed by atoms with Crippen LogP contribution in [0.3, 0.4) is 0 Å². The second-order valence-electron chi connectivity index (χ2n) is 7.31. The number of hydrogen-bond acceptors (Lipinski definition) is 5. The maximum atomic E-state index is 11.2. The predicted octanol–water partition coefficient (Wildman–Crippen LogP) is 4.36. The first kappa shape index (κ1) is 18.5. The fourth-order valence-electron chi connectivity index (χ4n) is 3.84. The first-order valence-corrected chi connectivity index (χ1v) is 9.64. The summed E-state index contributed by atoms with van der Waals surface area (Å²) in [5.74, 6) is 0.837. The molecule has 0 amide bonds. The monoisotopic (exact) mass is 357 g/mol. The quantitative estimate of drug-likeness (QED) is 0.717. The van der Waals surface area contributed by atoms with Gasteiger partial charge in [-0.2, -0.15) is 4.98 Å². The van der Waals surface area contributed by atoms with Crippen molar-refractivity contribution >= 4 is 5.97 Å². The summed E-state index contributed by atoms with van der Waals surface area (Å²) in [5, 5.41) is 13.3. The van der Waals surface area contributed by atoms with Gasteiger partial charge in [0.05, 0.1) is 6.42 Å².